The molecule has 3 aromatic heterocycles. The third-order valence-electron chi connectivity index (χ3n) is 4.68. The summed E-state index contributed by atoms with van der Waals surface area (Å²) in [6, 6.07) is 5.64. The largest absolute Gasteiger partial charge is 0.465 e. The zero-order valence-electron chi connectivity index (χ0n) is 15.4. The quantitative estimate of drug-likeness (QED) is 0.389. The van der Waals surface area contributed by atoms with Crippen LogP contribution in [0.4, 0.5) is 5.00 Å². The van der Waals surface area contributed by atoms with Crippen molar-refractivity contribution < 1.29 is 14.3 Å². The number of methoxy groups -OCH3 is 1. The molecule has 7 nitrogen and oxygen atoms in total. The number of ether oxygens (including phenoxy) is 1. The molecule has 0 radical (unpaired) electrons. The first-order valence-corrected chi connectivity index (χ1v) is 10.9. The van der Waals surface area contributed by atoms with E-state index in [1.165, 1.54) is 35.1 Å². The van der Waals surface area contributed by atoms with E-state index in [0.717, 1.165) is 43.3 Å². The second kappa shape index (κ2) is 8.32. The average Bonchev–Trinajstić information content (AvgIpc) is 3.19. The average molecular weight is 417 g/mol. The Balaban J connectivity index is 1.50. The van der Waals surface area contributed by atoms with Gasteiger partial charge in [-0.3, -0.25) is 9.20 Å². The number of pyridine rings is 1. The van der Waals surface area contributed by atoms with E-state index in [4.69, 9.17) is 4.74 Å². The van der Waals surface area contributed by atoms with Crippen LogP contribution >= 0.6 is 23.1 Å². The van der Waals surface area contributed by atoms with Gasteiger partial charge in [-0.1, -0.05) is 24.2 Å². The summed E-state index contributed by atoms with van der Waals surface area (Å²) >= 11 is 2.81. The van der Waals surface area contributed by atoms with E-state index in [2.05, 4.69) is 15.5 Å². The van der Waals surface area contributed by atoms with Crippen molar-refractivity contribution in [3.63, 3.8) is 0 Å². The number of hydrogen-bond donors (Lipinski definition) is 1. The van der Waals surface area contributed by atoms with Crippen LogP contribution in [-0.4, -0.2) is 39.3 Å². The SMILES string of the molecule is COC(=O)c1c(NC(=O)CSc2nnc3ccccn23)sc2c1CCCCC2. The topological polar surface area (TPSA) is 85.6 Å². The molecule has 1 aliphatic rings. The molecule has 9 heteroatoms. The molecule has 0 spiro atoms. The zero-order valence-corrected chi connectivity index (χ0v) is 17.1. The third-order valence-corrected chi connectivity index (χ3v) is 6.83. The Morgan fingerprint density at radius 2 is 2.11 bits per heavy atom. The van der Waals surface area contributed by atoms with E-state index in [1.807, 2.05) is 28.8 Å². The highest BCUT2D eigenvalue weighted by molar-refractivity contribution is 7.99. The summed E-state index contributed by atoms with van der Waals surface area (Å²) in [4.78, 5) is 26.1. The lowest BCUT2D eigenvalue weighted by Gasteiger charge is -2.07. The molecule has 1 amide bonds. The Hall–Kier alpha value is -2.39. The second-order valence-electron chi connectivity index (χ2n) is 6.51. The minimum atomic E-state index is -0.384. The molecule has 0 bridgehead atoms. The minimum Gasteiger partial charge on any atom is -0.465 e. The number of esters is 1. The first-order chi connectivity index (χ1) is 13.7. The fraction of sp³-hybridized carbons (Fsp3) is 0.368. The second-order valence-corrected chi connectivity index (χ2v) is 8.56. The number of carbonyl (C=O) groups is 2. The van der Waals surface area contributed by atoms with Crippen molar-refractivity contribution in [3.8, 4) is 0 Å². The number of aromatic nitrogens is 3. The number of hydrogen-bond acceptors (Lipinski definition) is 7. The summed E-state index contributed by atoms with van der Waals surface area (Å²) in [5.41, 5.74) is 2.30. The van der Waals surface area contributed by atoms with Crippen LogP contribution in [0, 0.1) is 0 Å². The Labute approximate surface area is 170 Å². The summed E-state index contributed by atoms with van der Waals surface area (Å²) < 4.78 is 6.82. The van der Waals surface area contributed by atoms with Crippen LogP contribution < -0.4 is 5.32 Å². The predicted molar refractivity (Wildman–Crippen MR) is 109 cm³/mol. The minimum absolute atomic E-state index is 0.179. The summed E-state index contributed by atoms with van der Waals surface area (Å²) in [6.45, 7) is 0. The standard InChI is InChI=1S/C19H20N4O3S2/c1-26-18(25)16-12-7-3-2-4-8-13(12)28-17(16)20-15(24)11-27-19-22-21-14-9-5-6-10-23(14)19/h5-6,9-10H,2-4,7-8,11H2,1H3,(H,20,24). The maximum Gasteiger partial charge on any atom is 0.341 e. The highest BCUT2D eigenvalue weighted by Gasteiger charge is 2.26. The van der Waals surface area contributed by atoms with Crippen molar-refractivity contribution in [2.45, 2.75) is 37.3 Å². The zero-order chi connectivity index (χ0) is 19.5. The summed E-state index contributed by atoms with van der Waals surface area (Å²) in [7, 11) is 1.38. The van der Waals surface area contributed by atoms with Gasteiger partial charge in [0.05, 0.1) is 18.4 Å². The fourth-order valence-corrected chi connectivity index (χ4v) is 5.38. The first-order valence-electron chi connectivity index (χ1n) is 9.12. The molecule has 3 heterocycles. The number of rotatable bonds is 5. The van der Waals surface area contributed by atoms with Crippen molar-refractivity contribution in [3.05, 3.63) is 40.4 Å². The summed E-state index contributed by atoms with van der Waals surface area (Å²) in [5.74, 6) is -0.385. The van der Waals surface area contributed by atoms with Crippen LogP contribution in [-0.2, 0) is 22.4 Å². The number of anilines is 1. The predicted octanol–water partition coefficient (Wildman–Crippen LogP) is 3.58. The summed E-state index contributed by atoms with van der Waals surface area (Å²) in [6.07, 6.45) is 6.98. The van der Waals surface area contributed by atoms with Gasteiger partial charge < -0.3 is 10.1 Å². The monoisotopic (exact) mass is 416 g/mol. The molecule has 0 aliphatic heterocycles. The Morgan fingerprint density at radius 1 is 1.25 bits per heavy atom. The van der Waals surface area contributed by atoms with E-state index in [-0.39, 0.29) is 17.6 Å². The molecular formula is C19H20N4O3S2. The maximum absolute atomic E-state index is 12.6. The normalized spacial score (nSPS) is 13.8. The number of amides is 1. The van der Waals surface area contributed by atoms with Crippen molar-refractivity contribution in [2.75, 3.05) is 18.2 Å². The molecule has 0 fully saturated rings. The smallest absolute Gasteiger partial charge is 0.341 e. The number of fused-ring (bicyclic) bond motifs is 2. The molecule has 0 saturated carbocycles. The molecule has 1 N–H and O–H groups in total. The number of carbonyl (C=O) groups excluding carboxylic acids is 2. The molecule has 0 aromatic carbocycles. The first kappa shape index (κ1) is 18.9. The van der Waals surface area contributed by atoms with Crippen LogP contribution in [0.5, 0.6) is 0 Å². The van der Waals surface area contributed by atoms with Gasteiger partial charge in [-0.05, 0) is 43.4 Å². The highest BCUT2D eigenvalue weighted by Crippen LogP contribution is 2.38. The van der Waals surface area contributed by atoms with Crippen molar-refractivity contribution in [1.82, 2.24) is 14.6 Å². The summed E-state index contributed by atoms with van der Waals surface area (Å²) in [5, 5.41) is 12.4. The van der Waals surface area contributed by atoms with Gasteiger partial charge in [0, 0.05) is 11.1 Å². The van der Waals surface area contributed by atoms with Gasteiger partial charge in [-0.15, -0.1) is 21.5 Å². The Bertz CT molecular complexity index is 1030. The lowest BCUT2D eigenvalue weighted by molar-refractivity contribution is -0.113. The molecule has 4 rings (SSSR count). The molecule has 146 valence electrons. The van der Waals surface area contributed by atoms with Crippen LogP contribution in [0.3, 0.4) is 0 Å². The number of nitrogens with zero attached hydrogens (tertiary/aromatic N) is 3. The van der Waals surface area contributed by atoms with Crippen LogP contribution in [0.1, 0.15) is 40.1 Å². The van der Waals surface area contributed by atoms with Crippen LogP contribution in [0.2, 0.25) is 0 Å². The van der Waals surface area contributed by atoms with E-state index in [0.29, 0.717) is 15.7 Å². The molecule has 0 saturated heterocycles. The number of nitrogens with one attached hydrogen (secondary N) is 1. The van der Waals surface area contributed by atoms with Gasteiger partial charge in [0.25, 0.3) is 0 Å². The van der Waals surface area contributed by atoms with Crippen molar-refractivity contribution in [1.29, 1.82) is 0 Å². The van der Waals surface area contributed by atoms with E-state index < -0.39 is 0 Å². The van der Waals surface area contributed by atoms with Gasteiger partial charge in [-0.2, -0.15) is 0 Å². The van der Waals surface area contributed by atoms with Gasteiger partial charge in [-0.25, -0.2) is 4.79 Å². The molecule has 3 aromatic rings. The Morgan fingerprint density at radius 3 is 2.96 bits per heavy atom. The molecule has 0 atom stereocenters. The van der Waals surface area contributed by atoms with Crippen molar-refractivity contribution in [2.24, 2.45) is 0 Å². The molecule has 0 unspecified atom stereocenters. The third kappa shape index (κ3) is 3.77. The Kier molecular flexibility index (Phi) is 5.63. The van der Waals surface area contributed by atoms with E-state index in [9.17, 15) is 9.59 Å². The number of thiophene rings is 1. The van der Waals surface area contributed by atoms with E-state index in [1.54, 1.807) is 0 Å². The highest BCUT2D eigenvalue weighted by atomic mass is 32.2. The van der Waals surface area contributed by atoms with Crippen LogP contribution in [0.15, 0.2) is 29.6 Å². The molecule has 1 aliphatic carbocycles. The lowest BCUT2D eigenvalue weighted by atomic mass is 10.1. The molecule has 28 heavy (non-hydrogen) atoms. The fourth-order valence-electron chi connectivity index (χ4n) is 3.36. The van der Waals surface area contributed by atoms with Gasteiger partial charge in [0.15, 0.2) is 10.8 Å². The molecular weight excluding hydrogens is 396 g/mol. The number of aryl methyl sites for hydroxylation is 1. The lowest BCUT2D eigenvalue weighted by Crippen LogP contribution is -2.16. The number of thioether (sulfide) groups is 1. The van der Waals surface area contributed by atoms with Crippen LogP contribution in [0.25, 0.3) is 5.65 Å². The maximum atomic E-state index is 12.6. The van der Waals surface area contributed by atoms with E-state index >= 15 is 0 Å². The van der Waals surface area contributed by atoms with Gasteiger partial charge in [0.1, 0.15) is 5.00 Å². The van der Waals surface area contributed by atoms with Gasteiger partial charge >= 0.3 is 5.97 Å². The van der Waals surface area contributed by atoms with Crippen molar-refractivity contribution >= 4 is 45.6 Å². The van der Waals surface area contributed by atoms with Gasteiger partial charge in [0.2, 0.25) is 5.91 Å².